The lowest BCUT2D eigenvalue weighted by atomic mass is 9.82. The summed E-state index contributed by atoms with van der Waals surface area (Å²) in [6.07, 6.45) is 5.35. The van der Waals surface area contributed by atoms with Gasteiger partial charge in [-0.05, 0) is 50.1 Å². The lowest BCUT2D eigenvalue weighted by Crippen LogP contribution is -2.38. The van der Waals surface area contributed by atoms with E-state index in [0.717, 1.165) is 31.7 Å². The molecule has 1 fully saturated rings. The Balaban J connectivity index is 1.99. The predicted octanol–water partition coefficient (Wildman–Crippen LogP) is 3.19. The number of carbonyl (C=O) groups excluding carboxylic acids is 1. The maximum atomic E-state index is 12.8. The van der Waals surface area contributed by atoms with Crippen LogP contribution in [0.15, 0.2) is 30.3 Å². The van der Waals surface area contributed by atoms with Crippen LogP contribution in [0.5, 0.6) is 0 Å². The molecule has 0 unspecified atom stereocenters. The number of nitrogens with two attached hydrogens (primary N) is 1. The molecule has 0 radical (unpaired) electrons. The van der Waals surface area contributed by atoms with E-state index in [1.54, 1.807) is 0 Å². The van der Waals surface area contributed by atoms with Gasteiger partial charge < -0.3 is 10.6 Å². The van der Waals surface area contributed by atoms with Gasteiger partial charge in [0.25, 0.3) is 0 Å². The summed E-state index contributed by atoms with van der Waals surface area (Å²) < 4.78 is 0. The van der Waals surface area contributed by atoms with Gasteiger partial charge in [-0.3, -0.25) is 4.79 Å². The topological polar surface area (TPSA) is 46.3 Å². The molecular formula is C18H28N2O. The molecular weight excluding hydrogens is 260 g/mol. The molecule has 2 rings (SSSR count). The molecule has 0 aromatic heterocycles. The van der Waals surface area contributed by atoms with Crippen LogP contribution in [0.2, 0.25) is 0 Å². The van der Waals surface area contributed by atoms with Crippen molar-refractivity contribution >= 4 is 5.91 Å². The molecule has 2 N–H and O–H groups in total. The highest BCUT2D eigenvalue weighted by Gasteiger charge is 2.27. The monoisotopic (exact) mass is 288 g/mol. The molecule has 1 aliphatic carbocycles. The summed E-state index contributed by atoms with van der Waals surface area (Å²) in [5, 5.41) is 0. The number of carbonyl (C=O) groups is 1. The number of nitrogens with zero attached hydrogens (tertiary/aromatic N) is 1. The van der Waals surface area contributed by atoms with E-state index in [2.05, 4.69) is 19.1 Å². The van der Waals surface area contributed by atoms with Gasteiger partial charge in [0.15, 0.2) is 0 Å². The first-order valence-corrected chi connectivity index (χ1v) is 8.23. The van der Waals surface area contributed by atoms with E-state index >= 15 is 0 Å². The number of hydrogen-bond acceptors (Lipinski definition) is 2. The average Bonchev–Trinajstić information content (AvgIpc) is 2.52. The van der Waals surface area contributed by atoms with E-state index in [1.807, 2.05) is 23.1 Å². The van der Waals surface area contributed by atoms with Crippen molar-refractivity contribution in [1.29, 1.82) is 0 Å². The molecule has 1 aliphatic rings. The van der Waals surface area contributed by atoms with Crippen LogP contribution in [0.1, 0.15) is 44.6 Å². The Morgan fingerprint density at radius 3 is 2.48 bits per heavy atom. The molecule has 0 saturated heterocycles. The first kappa shape index (κ1) is 16.0. The van der Waals surface area contributed by atoms with Crippen molar-refractivity contribution in [1.82, 2.24) is 4.90 Å². The van der Waals surface area contributed by atoms with Crippen molar-refractivity contribution in [3.05, 3.63) is 35.9 Å². The van der Waals surface area contributed by atoms with Crippen LogP contribution < -0.4 is 5.73 Å². The highest BCUT2D eigenvalue weighted by molar-refractivity contribution is 5.79. The van der Waals surface area contributed by atoms with Crippen molar-refractivity contribution < 1.29 is 4.79 Å². The van der Waals surface area contributed by atoms with Crippen molar-refractivity contribution in [2.24, 2.45) is 17.6 Å². The third kappa shape index (κ3) is 4.85. The quantitative estimate of drug-likeness (QED) is 0.874. The number of rotatable bonds is 6. The first-order chi connectivity index (χ1) is 10.2. The summed E-state index contributed by atoms with van der Waals surface area (Å²) in [5.41, 5.74) is 6.83. The summed E-state index contributed by atoms with van der Waals surface area (Å²) in [6.45, 7) is 4.42. The molecule has 1 saturated carbocycles. The van der Waals surface area contributed by atoms with Crippen LogP contribution in [0.4, 0.5) is 0 Å². The molecule has 1 amide bonds. The van der Waals surface area contributed by atoms with Crippen LogP contribution >= 0.6 is 0 Å². The molecule has 3 nitrogen and oxygen atoms in total. The summed E-state index contributed by atoms with van der Waals surface area (Å²) in [6, 6.07) is 10.3. The minimum Gasteiger partial charge on any atom is -0.338 e. The van der Waals surface area contributed by atoms with Gasteiger partial charge >= 0.3 is 0 Å². The van der Waals surface area contributed by atoms with E-state index in [-0.39, 0.29) is 5.92 Å². The molecule has 1 aromatic carbocycles. The number of hydrogen-bond donors (Lipinski definition) is 1. The Kier molecular flexibility index (Phi) is 6.24. The lowest BCUT2D eigenvalue weighted by molar-refractivity contribution is -0.137. The van der Waals surface area contributed by atoms with Crippen molar-refractivity contribution in [3.8, 4) is 0 Å². The molecule has 21 heavy (non-hydrogen) atoms. The summed E-state index contributed by atoms with van der Waals surface area (Å²) in [7, 11) is 0. The van der Waals surface area contributed by atoms with Crippen molar-refractivity contribution in [3.63, 3.8) is 0 Å². The first-order valence-electron chi connectivity index (χ1n) is 8.23. The standard InChI is InChI=1S/C18H28N2O/c1-15-8-10-17(11-9-15)18(21)20(13-5-12-19)14-16-6-3-2-4-7-16/h2-4,6-7,15,17H,5,8-14,19H2,1H3. The van der Waals surface area contributed by atoms with Gasteiger partial charge in [0.2, 0.25) is 5.91 Å². The molecule has 0 spiro atoms. The zero-order valence-corrected chi connectivity index (χ0v) is 13.1. The highest BCUT2D eigenvalue weighted by Crippen LogP contribution is 2.30. The summed E-state index contributed by atoms with van der Waals surface area (Å²) >= 11 is 0. The Bertz CT molecular complexity index is 424. The van der Waals surface area contributed by atoms with Gasteiger partial charge in [0, 0.05) is 19.0 Å². The second-order valence-electron chi connectivity index (χ2n) is 6.34. The molecule has 3 heteroatoms. The van der Waals surface area contributed by atoms with E-state index in [1.165, 1.54) is 18.4 Å². The van der Waals surface area contributed by atoms with Crippen molar-refractivity contribution in [2.75, 3.05) is 13.1 Å². The molecule has 1 aromatic rings. The fraction of sp³-hybridized carbons (Fsp3) is 0.611. The maximum Gasteiger partial charge on any atom is 0.225 e. The largest absolute Gasteiger partial charge is 0.338 e. The second kappa shape index (κ2) is 8.18. The Hall–Kier alpha value is -1.35. The third-order valence-electron chi connectivity index (χ3n) is 4.53. The van der Waals surface area contributed by atoms with Crippen LogP contribution in [0.3, 0.4) is 0 Å². The zero-order valence-electron chi connectivity index (χ0n) is 13.1. The lowest BCUT2D eigenvalue weighted by Gasteiger charge is -2.31. The second-order valence-corrected chi connectivity index (χ2v) is 6.34. The molecule has 0 aliphatic heterocycles. The Morgan fingerprint density at radius 1 is 1.19 bits per heavy atom. The molecule has 0 atom stereocenters. The van der Waals surface area contributed by atoms with E-state index in [9.17, 15) is 4.79 Å². The molecule has 0 heterocycles. The van der Waals surface area contributed by atoms with E-state index < -0.39 is 0 Å². The minimum atomic E-state index is 0.225. The number of amides is 1. The van der Waals surface area contributed by atoms with Gasteiger partial charge in [0.1, 0.15) is 0 Å². The van der Waals surface area contributed by atoms with Crippen LogP contribution in [-0.4, -0.2) is 23.9 Å². The van der Waals surface area contributed by atoms with Gasteiger partial charge in [0.05, 0.1) is 0 Å². The summed E-state index contributed by atoms with van der Waals surface area (Å²) in [5.74, 6) is 1.34. The van der Waals surface area contributed by atoms with E-state index in [4.69, 9.17) is 5.73 Å². The molecule has 116 valence electrons. The van der Waals surface area contributed by atoms with Crippen LogP contribution in [0, 0.1) is 11.8 Å². The van der Waals surface area contributed by atoms with Gasteiger partial charge in [-0.25, -0.2) is 0 Å². The average molecular weight is 288 g/mol. The SMILES string of the molecule is CC1CCC(C(=O)N(CCCN)Cc2ccccc2)CC1. The van der Waals surface area contributed by atoms with Crippen LogP contribution in [0.25, 0.3) is 0 Å². The Labute approximate surface area is 128 Å². The molecule has 0 bridgehead atoms. The van der Waals surface area contributed by atoms with E-state index in [0.29, 0.717) is 19.0 Å². The van der Waals surface area contributed by atoms with Crippen LogP contribution in [-0.2, 0) is 11.3 Å². The number of benzene rings is 1. The smallest absolute Gasteiger partial charge is 0.225 e. The van der Waals surface area contributed by atoms with Gasteiger partial charge in [-0.2, -0.15) is 0 Å². The fourth-order valence-electron chi connectivity index (χ4n) is 3.12. The Morgan fingerprint density at radius 2 is 1.86 bits per heavy atom. The fourth-order valence-corrected chi connectivity index (χ4v) is 3.12. The maximum absolute atomic E-state index is 12.8. The zero-order chi connectivity index (χ0) is 15.1. The highest BCUT2D eigenvalue weighted by atomic mass is 16.2. The van der Waals surface area contributed by atoms with Gasteiger partial charge in [-0.15, -0.1) is 0 Å². The van der Waals surface area contributed by atoms with Gasteiger partial charge in [-0.1, -0.05) is 37.3 Å². The minimum absolute atomic E-state index is 0.225. The normalized spacial score (nSPS) is 22.0. The van der Waals surface area contributed by atoms with Crippen molar-refractivity contribution in [2.45, 2.75) is 45.6 Å². The predicted molar refractivity (Wildman–Crippen MR) is 86.7 cm³/mol. The summed E-state index contributed by atoms with van der Waals surface area (Å²) in [4.78, 5) is 14.8. The third-order valence-corrected chi connectivity index (χ3v) is 4.53.